The van der Waals surface area contributed by atoms with Crippen molar-refractivity contribution in [3.05, 3.63) is 29.6 Å². The number of rotatable bonds is 1. The highest BCUT2D eigenvalue weighted by atomic mass is 15.1. The minimum Gasteiger partial charge on any atom is -0.331 e. The molecule has 1 aromatic carbocycles. The Kier molecular flexibility index (Phi) is 2.66. The quantitative estimate of drug-likeness (QED) is 0.751. The molecule has 1 heterocycles. The van der Waals surface area contributed by atoms with E-state index in [0.29, 0.717) is 6.42 Å². The first-order chi connectivity index (χ1) is 7.93. The van der Waals surface area contributed by atoms with E-state index in [9.17, 15) is 0 Å². The van der Waals surface area contributed by atoms with Gasteiger partial charge in [-0.15, -0.1) is 0 Å². The molecule has 0 fully saturated rings. The number of imidazole rings is 1. The Morgan fingerprint density at radius 2 is 2.06 bits per heavy atom. The van der Waals surface area contributed by atoms with Gasteiger partial charge in [0.2, 0.25) is 0 Å². The Balaban J connectivity index is 2.64. The van der Waals surface area contributed by atoms with Gasteiger partial charge in [0.25, 0.3) is 0 Å². The van der Waals surface area contributed by atoms with Crippen LogP contribution in [0.1, 0.15) is 32.2 Å². The van der Waals surface area contributed by atoms with Gasteiger partial charge >= 0.3 is 0 Å². The van der Waals surface area contributed by atoms with Gasteiger partial charge in [-0.3, -0.25) is 0 Å². The third kappa shape index (κ3) is 2.03. The Bertz CT molecular complexity index is 594. The number of hydrogen-bond donors (Lipinski definition) is 0. The van der Waals surface area contributed by atoms with E-state index in [1.165, 1.54) is 0 Å². The molecule has 2 aromatic rings. The molecule has 0 saturated heterocycles. The number of nitriles is 1. The molecule has 0 bridgehead atoms. The number of aryl methyl sites for hydroxylation is 1. The van der Waals surface area contributed by atoms with E-state index in [4.69, 9.17) is 5.26 Å². The predicted octanol–water partition coefficient (Wildman–Crippen LogP) is 2.94. The lowest BCUT2D eigenvalue weighted by Crippen LogP contribution is -2.17. The summed E-state index contributed by atoms with van der Waals surface area (Å²) in [5.41, 5.74) is 3.17. The Morgan fingerprint density at radius 3 is 2.65 bits per heavy atom. The molecule has 0 N–H and O–H groups in total. The summed E-state index contributed by atoms with van der Waals surface area (Å²) >= 11 is 0. The number of benzene rings is 1. The van der Waals surface area contributed by atoms with Gasteiger partial charge in [0.1, 0.15) is 5.82 Å². The van der Waals surface area contributed by atoms with Crippen LogP contribution < -0.4 is 0 Å². The van der Waals surface area contributed by atoms with E-state index >= 15 is 0 Å². The molecular weight excluding hydrogens is 210 g/mol. The molecule has 3 nitrogen and oxygen atoms in total. The van der Waals surface area contributed by atoms with Crippen molar-refractivity contribution >= 4 is 11.0 Å². The van der Waals surface area contributed by atoms with Gasteiger partial charge in [-0.25, -0.2) is 4.98 Å². The van der Waals surface area contributed by atoms with Crippen molar-refractivity contribution in [2.45, 2.75) is 32.6 Å². The monoisotopic (exact) mass is 227 g/mol. The Labute approximate surface area is 102 Å². The lowest BCUT2D eigenvalue weighted by Gasteiger charge is -2.17. The van der Waals surface area contributed by atoms with Crippen LogP contribution in [0.4, 0.5) is 0 Å². The molecule has 0 spiro atoms. The topological polar surface area (TPSA) is 41.6 Å². The Hall–Kier alpha value is -1.82. The molecule has 2 rings (SSSR count). The van der Waals surface area contributed by atoms with Crippen molar-refractivity contribution in [1.82, 2.24) is 9.55 Å². The van der Waals surface area contributed by atoms with Gasteiger partial charge in [0.05, 0.1) is 23.5 Å². The van der Waals surface area contributed by atoms with Crippen LogP contribution in [0.2, 0.25) is 0 Å². The first-order valence-electron chi connectivity index (χ1n) is 5.76. The SMILES string of the molecule is Cn1c(C(C)(C)C)nc2ccc(CC#N)cc21. The van der Waals surface area contributed by atoms with Gasteiger partial charge in [-0.05, 0) is 17.7 Å². The molecule has 17 heavy (non-hydrogen) atoms. The molecule has 0 aliphatic heterocycles. The Morgan fingerprint density at radius 1 is 1.35 bits per heavy atom. The maximum absolute atomic E-state index is 8.72. The fourth-order valence-corrected chi connectivity index (χ4v) is 2.11. The van der Waals surface area contributed by atoms with Crippen molar-refractivity contribution in [2.75, 3.05) is 0 Å². The van der Waals surface area contributed by atoms with Gasteiger partial charge in [0, 0.05) is 12.5 Å². The maximum Gasteiger partial charge on any atom is 0.115 e. The largest absolute Gasteiger partial charge is 0.331 e. The molecule has 1 aromatic heterocycles. The summed E-state index contributed by atoms with van der Waals surface area (Å²) < 4.78 is 2.12. The van der Waals surface area contributed by atoms with E-state index in [2.05, 4.69) is 42.5 Å². The van der Waals surface area contributed by atoms with Crippen molar-refractivity contribution in [3.63, 3.8) is 0 Å². The average molecular weight is 227 g/mol. The van der Waals surface area contributed by atoms with E-state index in [1.807, 2.05) is 19.2 Å². The molecule has 88 valence electrons. The van der Waals surface area contributed by atoms with Crippen LogP contribution in [0.5, 0.6) is 0 Å². The van der Waals surface area contributed by atoms with Crippen molar-refractivity contribution in [3.8, 4) is 6.07 Å². The van der Waals surface area contributed by atoms with Crippen molar-refractivity contribution in [2.24, 2.45) is 7.05 Å². The summed E-state index contributed by atoms with van der Waals surface area (Å²) in [6.45, 7) is 6.47. The van der Waals surface area contributed by atoms with Gasteiger partial charge in [-0.2, -0.15) is 5.26 Å². The normalized spacial score (nSPS) is 11.7. The van der Waals surface area contributed by atoms with Crippen LogP contribution in [0.3, 0.4) is 0 Å². The molecule has 0 amide bonds. The van der Waals surface area contributed by atoms with Gasteiger partial charge in [-0.1, -0.05) is 26.8 Å². The zero-order valence-corrected chi connectivity index (χ0v) is 10.8. The molecule has 0 aliphatic rings. The van der Waals surface area contributed by atoms with Gasteiger partial charge < -0.3 is 4.57 Å². The van der Waals surface area contributed by atoms with Crippen LogP contribution in [-0.2, 0) is 18.9 Å². The van der Waals surface area contributed by atoms with E-state index in [-0.39, 0.29) is 5.41 Å². The molecule has 0 radical (unpaired) electrons. The third-order valence-electron chi connectivity index (χ3n) is 2.90. The molecule has 3 heteroatoms. The molecule has 0 atom stereocenters. The molecule has 0 saturated carbocycles. The minimum atomic E-state index is 0.0309. The summed E-state index contributed by atoms with van der Waals surface area (Å²) in [7, 11) is 2.03. The van der Waals surface area contributed by atoms with E-state index in [0.717, 1.165) is 22.4 Å². The summed E-state index contributed by atoms with van der Waals surface area (Å²) in [4.78, 5) is 4.66. The lowest BCUT2D eigenvalue weighted by atomic mass is 9.96. The van der Waals surface area contributed by atoms with Gasteiger partial charge in [0.15, 0.2) is 0 Å². The van der Waals surface area contributed by atoms with Crippen LogP contribution in [-0.4, -0.2) is 9.55 Å². The van der Waals surface area contributed by atoms with Crippen molar-refractivity contribution < 1.29 is 0 Å². The summed E-state index contributed by atoms with van der Waals surface area (Å²) in [6, 6.07) is 8.21. The average Bonchev–Trinajstić information content (AvgIpc) is 2.56. The molecule has 0 aliphatic carbocycles. The fraction of sp³-hybridized carbons (Fsp3) is 0.429. The van der Waals surface area contributed by atoms with Crippen LogP contribution in [0.15, 0.2) is 18.2 Å². The minimum absolute atomic E-state index is 0.0309. The van der Waals surface area contributed by atoms with Crippen molar-refractivity contribution in [1.29, 1.82) is 5.26 Å². The number of nitrogens with zero attached hydrogens (tertiary/aromatic N) is 3. The first kappa shape index (κ1) is 11.7. The predicted molar refractivity (Wildman–Crippen MR) is 68.7 cm³/mol. The summed E-state index contributed by atoms with van der Waals surface area (Å²) in [6.07, 6.45) is 0.450. The summed E-state index contributed by atoms with van der Waals surface area (Å²) in [5.74, 6) is 1.07. The smallest absolute Gasteiger partial charge is 0.115 e. The van der Waals surface area contributed by atoms with E-state index < -0.39 is 0 Å². The third-order valence-corrected chi connectivity index (χ3v) is 2.90. The number of aromatic nitrogens is 2. The second-order valence-electron chi connectivity index (χ2n) is 5.40. The zero-order chi connectivity index (χ0) is 12.6. The van der Waals surface area contributed by atoms with E-state index in [1.54, 1.807) is 0 Å². The molecule has 0 unspecified atom stereocenters. The number of hydrogen-bond acceptors (Lipinski definition) is 2. The highest BCUT2D eigenvalue weighted by Gasteiger charge is 2.21. The second kappa shape index (κ2) is 3.89. The highest BCUT2D eigenvalue weighted by Crippen LogP contribution is 2.25. The van der Waals surface area contributed by atoms with Crippen LogP contribution >= 0.6 is 0 Å². The summed E-state index contributed by atoms with van der Waals surface area (Å²) in [5, 5.41) is 8.72. The fourth-order valence-electron chi connectivity index (χ4n) is 2.11. The first-order valence-corrected chi connectivity index (χ1v) is 5.76. The van der Waals surface area contributed by atoms with Crippen LogP contribution in [0, 0.1) is 11.3 Å². The van der Waals surface area contributed by atoms with Crippen LogP contribution in [0.25, 0.3) is 11.0 Å². The molecular formula is C14H17N3. The second-order valence-corrected chi connectivity index (χ2v) is 5.40. The highest BCUT2D eigenvalue weighted by molar-refractivity contribution is 5.77. The lowest BCUT2D eigenvalue weighted by molar-refractivity contribution is 0.526. The number of fused-ring (bicyclic) bond motifs is 1. The standard InChI is InChI=1S/C14H17N3/c1-14(2,3)13-16-11-6-5-10(7-8-15)9-12(11)17(13)4/h5-6,9H,7H2,1-4H3. The maximum atomic E-state index is 8.72. The zero-order valence-electron chi connectivity index (χ0n) is 10.8.